The van der Waals surface area contributed by atoms with E-state index >= 15 is 0 Å². The molecule has 27 heavy (non-hydrogen) atoms. The molecule has 0 radical (unpaired) electrons. The van der Waals surface area contributed by atoms with Gasteiger partial charge in [-0.3, -0.25) is 4.79 Å². The lowest BCUT2D eigenvalue weighted by atomic mass is 9.98. The molecule has 0 atom stereocenters. The predicted molar refractivity (Wildman–Crippen MR) is 112 cm³/mol. The predicted octanol–water partition coefficient (Wildman–Crippen LogP) is 6.71. The third-order valence-corrected chi connectivity index (χ3v) is 6.06. The van der Waals surface area contributed by atoms with E-state index in [-0.39, 0.29) is 11.9 Å². The van der Waals surface area contributed by atoms with Crippen molar-refractivity contribution >= 4 is 16.9 Å². The zero-order valence-electron chi connectivity index (χ0n) is 17.1. The minimum Gasteiger partial charge on any atom is -0.451 e. The first-order valence-electron chi connectivity index (χ1n) is 11.0. The van der Waals surface area contributed by atoms with Gasteiger partial charge in [0.2, 0.25) is 0 Å². The van der Waals surface area contributed by atoms with Crippen LogP contribution in [0.4, 0.5) is 0 Å². The smallest absolute Gasteiger partial charge is 0.287 e. The van der Waals surface area contributed by atoms with Crippen LogP contribution in [0.3, 0.4) is 0 Å². The van der Waals surface area contributed by atoms with Gasteiger partial charge in [0.25, 0.3) is 5.91 Å². The number of hydrogen-bond donors (Lipinski definition) is 1. The standard InChI is InChI=1S/C24H35NO2/c1-3-19-15-16-22-21(17-19)18(2)23(27-22)24(26)25-20-13-11-9-7-5-4-6-8-10-12-14-20/h15-17,20H,3-14H2,1-2H3,(H,25,26). The largest absolute Gasteiger partial charge is 0.451 e. The van der Waals surface area contributed by atoms with E-state index in [9.17, 15) is 4.79 Å². The fraction of sp³-hybridized carbons (Fsp3) is 0.625. The third kappa shape index (κ3) is 5.37. The van der Waals surface area contributed by atoms with E-state index in [1.54, 1.807) is 0 Å². The first-order valence-corrected chi connectivity index (χ1v) is 11.0. The molecule has 0 spiro atoms. The zero-order chi connectivity index (χ0) is 19.1. The van der Waals surface area contributed by atoms with Crippen molar-refractivity contribution in [1.82, 2.24) is 5.32 Å². The summed E-state index contributed by atoms with van der Waals surface area (Å²) in [4.78, 5) is 12.9. The molecule has 1 fully saturated rings. The number of hydrogen-bond acceptors (Lipinski definition) is 2. The molecule has 1 N–H and O–H groups in total. The van der Waals surface area contributed by atoms with Crippen LogP contribution in [0.1, 0.15) is 99.2 Å². The second kappa shape index (κ2) is 9.96. The summed E-state index contributed by atoms with van der Waals surface area (Å²) in [5.41, 5.74) is 3.05. The summed E-state index contributed by atoms with van der Waals surface area (Å²) in [6, 6.07) is 6.50. The maximum atomic E-state index is 12.9. The van der Waals surface area contributed by atoms with E-state index in [2.05, 4.69) is 24.4 Å². The molecule has 0 saturated heterocycles. The number of rotatable bonds is 3. The monoisotopic (exact) mass is 369 g/mol. The molecule has 0 unspecified atom stereocenters. The van der Waals surface area contributed by atoms with Crippen molar-refractivity contribution in [3.05, 3.63) is 35.1 Å². The van der Waals surface area contributed by atoms with Crippen molar-refractivity contribution in [2.24, 2.45) is 0 Å². The lowest BCUT2D eigenvalue weighted by Gasteiger charge is -2.19. The summed E-state index contributed by atoms with van der Waals surface area (Å²) in [6.07, 6.45) is 15.0. The molecule has 1 aliphatic rings. The molecule has 1 aliphatic carbocycles. The van der Waals surface area contributed by atoms with Gasteiger partial charge in [-0.2, -0.15) is 0 Å². The second-order valence-corrected chi connectivity index (χ2v) is 8.17. The van der Waals surface area contributed by atoms with Gasteiger partial charge in [0.15, 0.2) is 5.76 Å². The van der Waals surface area contributed by atoms with Gasteiger partial charge in [-0.15, -0.1) is 0 Å². The van der Waals surface area contributed by atoms with Gasteiger partial charge in [-0.05, 0) is 43.9 Å². The van der Waals surface area contributed by atoms with E-state index in [1.807, 2.05) is 13.0 Å². The lowest BCUT2D eigenvalue weighted by Crippen LogP contribution is -2.35. The minimum atomic E-state index is -0.0427. The number of carbonyl (C=O) groups is 1. The Balaban J connectivity index is 1.68. The van der Waals surface area contributed by atoms with Crippen LogP contribution in [0, 0.1) is 6.92 Å². The molecule has 3 nitrogen and oxygen atoms in total. The van der Waals surface area contributed by atoms with Crippen molar-refractivity contribution in [3.8, 4) is 0 Å². The number of amides is 1. The van der Waals surface area contributed by atoms with Gasteiger partial charge in [-0.25, -0.2) is 0 Å². The highest BCUT2D eigenvalue weighted by Gasteiger charge is 2.21. The fourth-order valence-corrected chi connectivity index (χ4v) is 4.26. The number of aryl methyl sites for hydroxylation is 2. The van der Waals surface area contributed by atoms with Gasteiger partial charge in [-0.1, -0.05) is 70.8 Å². The van der Waals surface area contributed by atoms with Crippen LogP contribution in [0.2, 0.25) is 0 Å². The van der Waals surface area contributed by atoms with Gasteiger partial charge < -0.3 is 9.73 Å². The van der Waals surface area contributed by atoms with Crippen molar-refractivity contribution in [1.29, 1.82) is 0 Å². The molecule has 3 rings (SSSR count). The molecule has 1 saturated carbocycles. The highest BCUT2D eigenvalue weighted by atomic mass is 16.3. The second-order valence-electron chi connectivity index (χ2n) is 8.17. The van der Waals surface area contributed by atoms with E-state index in [1.165, 1.54) is 63.4 Å². The molecule has 0 aliphatic heterocycles. The van der Waals surface area contributed by atoms with Crippen molar-refractivity contribution in [2.45, 2.75) is 96.9 Å². The van der Waals surface area contributed by atoms with Crippen molar-refractivity contribution in [2.75, 3.05) is 0 Å². The topological polar surface area (TPSA) is 42.2 Å². The average molecular weight is 370 g/mol. The van der Waals surface area contributed by atoms with Crippen molar-refractivity contribution in [3.63, 3.8) is 0 Å². The molecule has 1 aromatic carbocycles. The Morgan fingerprint density at radius 3 is 2.19 bits per heavy atom. The van der Waals surface area contributed by atoms with Crippen LogP contribution in [0.15, 0.2) is 22.6 Å². The summed E-state index contributed by atoms with van der Waals surface area (Å²) in [6.45, 7) is 4.15. The van der Waals surface area contributed by atoms with Crippen LogP contribution < -0.4 is 5.32 Å². The van der Waals surface area contributed by atoms with Crippen molar-refractivity contribution < 1.29 is 9.21 Å². The Labute approximate surface area is 163 Å². The molecule has 1 aromatic heterocycles. The number of carbonyl (C=O) groups excluding carboxylic acids is 1. The first kappa shape index (κ1) is 20.0. The Kier molecular flexibility index (Phi) is 7.37. The molecular weight excluding hydrogens is 334 g/mol. The third-order valence-electron chi connectivity index (χ3n) is 6.06. The zero-order valence-corrected chi connectivity index (χ0v) is 17.1. The molecule has 2 aromatic rings. The number of furan rings is 1. The van der Waals surface area contributed by atoms with Gasteiger partial charge in [0, 0.05) is 17.0 Å². The number of benzene rings is 1. The summed E-state index contributed by atoms with van der Waals surface area (Å²) < 4.78 is 5.93. The minimum absolute atomic E-state index is 0.0427. The Morgan fingerprint density at radius 1 is 1.00 bits per heavy atom. The van der Waals surface area contributed by atoms with E-state index in [0.29, 0.717) is 5.76 Å². The maximum absolute atomic E-state index is 12.9. The van der Waals surface area contributed by atoms with Crippen LogP contribution >= 0.6 is 0 Å². The Hall–Kier alpha value is -1.77. The normalized spacial score (nSPS) is 18.0. The van der Waals surface area contributed by atoms with Crippen LogP contribution in [0.25, 0.3) is 11.0 Å². The quantitative estimate of drug-likeness (QED) is 0.653. The molecule has 0 bridgehead atoms. The Morgan fingerprint density at radius 2 is 1.59 bits per heavy atom. The van der Waals surface area contributed by atoms with Crippen LogP contribution in [0.5, 0.6) is 0 Å². The Bertz CT molecular complexity index is 734. The highest BCUT2D eigenvalue weighted by Crippen LogP contribution is 2.27. The number of nitrogens with one attached hydrogen (secondary N) is 1. The van der Waals surface area contributed by atoms with Crippen LogP contribution in [-0.2, 0) is 6.42 Å². The summed E-state index contributed by atoms with van der Waals surface area (Å²) in [5, 5.41) is 4.35. The van der Waals surface area contributed by atoms with E-state index in [0.717, 1.165) is 35.8 Å². The SMILES string of the molecule is CCc1ccc2oc(C(=O)NC3CCCCCCCCCCC3)c(C)c2c1. The molecule has 148 valence electrons. The van der Waals surface area contributed by atoms with E-state index in [4.69, 9.17) is 4.42 Å². The van der Waals surface area contributed by atoms with Gasteiger partial charge in [0.05, 0.1) is 0 Å². The van der Waals surface area contributed by atoms with Gasteiger partial charge in [0.1, 0.15) is 5.58 Å². The highest BCUT2D eigenvalue weighted by molar-refractivity contribution is 5.99. The molecule has 3 heteroatoms. The summed E-state index contributed by atoms with van der Waals surface area (Å²) in [5.74, 6) is 0.447. The summed E-state index contributed by atoms with van der Waals surface area (Å²) in [7, 11) is 0. The average Bonchev–Trinajstić information content (AvgIpc) is 3.00. The molecular formula is C24H35NO2. The molecule has 1 heterocycles. The fourth-order valence-electron chi connectivity index (χ4n) is 4.26. The summed E-state index contributed by atoms with van der Waals surface area (Å²) >= 11 is 0. The van der Waals surface area contributed by atoms with Crippen LogP contribution in [-0.4, -0.2) is 11.9 Å². The lowest BCUT2D eigenvalue weighted by molar-refractivity contribution is 0.0904. The maximum Gasteiger partial charge on any atom is 0.287 e. The van der Waals surface area contributed by atoms with E-state index < -0.39 is 0 Å². The van der Waals surface area contributed by atoms with Gasteiger partial charge >= 0.3 is 0 Å². The molecule has 1 amide bonds. The number of fused-ring (bicyclic) bond motifs is 1. The first-order chi connectivity index (χ1) is 13.2.